The maximum absolute atomic E-state index is 5.63. The summed E-state index contributed by atoms with van der Waals surface area (Å²) in [6, 6.07) is 8.58. The summed E-state index contributed by atoms with van der Waals surface area (Å²) in [6.07, 6.45) is 6.83. The molecule has 1 aromatic carbocycles. The summed E-state index contributed by atoms with van der Waals surface area (Å²) >= 11 is 5.52. The molecule has 0 spiro atoms. The summed E-state index contributed by atoms with van der Waals surface area (Å²) in [6.45, 7) is 1.77. The van der Waals surface area contributed by atoms with Crippen LogP contribution in [0.15, 0.2) is 24.3 Å². The second-order valence-electron chi connectivity index (χ2n) is 5.05. The largest absolute Gasteiger partial charge is 0.491 e. The quantitative estimate of drug-likeness (QED) is 0.546. The van der Waals surface area contributed by atoms with Gasteiger partial charge in [-0.1, -0.05) is 31.4 Å². The van der Waals surface area contributed by atoms with Crippen LogP contribution < -0.4 is 4.74 Å². The fraction of sp³-hybridized carbons (Fsp3) is 0.625. The van der Waals surface area contributed by atoms with E-state index < -0.39 is 0 Å². The molecular weight excluding hydrogens is 260 g/mol. The van der Waals surface area contributed by atoms with Gasteiger partial charge in [-0.2, -0.15) is 0 Å². The van der Waals surface area contributed by atoms with Crippen LogP contribution in [0.25, 0.3) is 0 Å². The SMILES string of the molecule is ClCCOCCOc1ccc(C2CCCCC2)cc1. The summed E-state index contributed by atoms with van der Waals surface area (Å²) in [7, 11) is 0. The van der Waals surface area contributed by atoms with Crippen LogP contribution in [0.4, 0.5) is 0 Å². The van der Waals surface area contributed by atoms with Crippen molar-refractivity contribution in [3.63, 3.8) is 0 Å². The predicted octanol–water partition coefficient (Wildman–Crippen LogP) is 4.37. The van der Waals surface area contributed by atoms with Gasteiger partial charge in [-0.05, 0) is 36.5 Å². The van der Waals surface area contributed by atoms with Crippen LogP contribution in [0.2, 0.25) is 0 Å². The molecule has 0 aliphatic heterocycles. The molecule has 0 aromatic heterocycles. The third-order valence-electron chi connectivity index (χ3n) is 3.67. The minimum atomic E-state index is 0.538. The first-order chi connectivity index (χ1) is 9.40. The molecule has 2 nitrogen and oxygen atoms in total. The highest BCUT2D eigenvalue weighted by atomic mass is 35.5. The summed E-state index contributed by atoms with van der Waals surface area (Å²) in [5.41, 5.74) is 1.46. The number of hydrogen-bond donors (Lipinski definition) is 0. The molecule has 0 bridgehead atoms. The Morgan fingerprint density at radius 3 is 2.37 bits per heavy atom. The van der Waals surface area contributed by atoms with Crippen LogP contribution in [-0.2, 0) is 4.74 Å². The summed E-state index contributed by atoms with van der Waals surface area (Å²) in [4.78, 5) is 0. The summed E-state index contributed by atoms with van der Waals surface area (Å²) in [5, 5.41) is 0. The maximum Gasteiger partial charge on any atom is 0.119 e. The minimum Gasteiger partial charge on any atom is -0.491 e. The molecule has 0 saturated heterocycles. The van der Waals surface area contributed by atoms with Crippen LogP contribution >= 0.6 is 11.6 Å². The number of alkyl halides is 1. The molecule has 106 valence electrons. The second-order valence-corrected chi connectivity index (χ2v) is 5.43. The van der Waals surface area contributed by atoms with E-state index in [1.54, 1.807) is 0 Å². The van der Waals surface area contributed by atoms with E-state index in [0.717, 1.165) is 11.7 Å². The Balaban J connectivity index is 1.74. The fourth-order valence-corrected chi connectivity index (χ4v) is 2.76. The van der Waals surface area contributed by atoms with Crippen LogP contribution in [0.5, 0.6) is 5.75 Å². The van der Waals surface area contributed by atoms with Gasteiger partial charge < -0.3 is 9.47 Å². The second kappa shape index (κ2) is 8.44. The standard InChI is InChI=1S/C16H23ClO2/c17-10-11-18-12-13-19-16-8-6-15(7-9-16)14-4-2-1-3-5-14/h6-9,14H,1-5,10-13H2. The number of rotatable bonds is 7. The zero-order valence-electron chi connectivity index (χ0n) is 11.4. The highest BCUT2D eigenvalue weighted by Gasteiger charge is 2.15. The van der Waals surface area contributed by atoms with E-state index in [1.807, 2.05) is 0 Å². The van der Waals surface area contributed by atoms with Crippen molar-refractivity contribution in [3.05, 3.63) is 29.8 Å². The van der Waals surface area contributed by atoms with Gasteiger partial charge in [0.1, 0.15) is 12.4 Å². The monoisotopic (exact) mass is 282 g/mol. The van der Waals surface area contributed by atoms with Gasteiger partial charge in [-0.3, -0.25) is 0 Å². The smallest absolute Gasteiger partial charge is 0.119 e. The minimum absolute atomic E-state index is 0.538. The van der Waals surface area contributed by atoms with Crippen LogP contribution in [0, 0.1) is 0 Å². The molecule has 2 rings (SSSR count). The van der Waals surface area contributed by atoms with E-state index in [2.05, 4.69) is 24.3 Å². The third kappa shape index (κ3) is 5.04. The Bertz CT molecular complexity index is 344. The zero-order chi connectivity index (χ0) is 13.3. The number of ether oxygens (including phenoxy) is 2. The lowest BCUT2D eigenvalue weighted by molar-refractivity contribution is 0.111. The number of benzene rings is 1. The molecule has 0 heterocycles. The third-order valence-corrected chi connectivity index (χ3v) is 3.83. The van der Waals surface area contributed by atoms with E-state index in [0.29, 0.717) is 25.7 Å². The lowest BCUT2D eigenvalue weighted by atomic mass is 9.84. The van der Waals surface area contributed by atoms with Gasteiger partial charge in [0.15, 0.2) is 0 Å². The highest BCUT2D eigenvalue weighted by Crippen LogP contribution is 2.33. The van der Waals surface area contributed by atoms with Crippen molar-refractivity contribution in [3.8, 4) is 5.75 Å². The molecule has 0 radical (unpaired) electrons. The molecule has 1 saturated carbocycles. The zero-order valence-corrected chi connectivity index (χ0v) is 12.2. The topological polar surface area (TPSA) is 18.5 Å². The average Bonchev–Trinajstić information content (AvgIpc) is 2.49. The van der Waals surface area contributed by atoms with Crippen molar-refractivity contribution < 1.29 is 9.47 Å². The van der Waals surface area contributed by atoms with E-state index in [-0.39, 0.29) is 0 Å². The number of halogens is 1. The molecule has 1 aromatic rings. The van der Waals surface area contributed by atoms with Crippen molar-refractivity contribution in [1.82, 2.24) is 0 Å². The first-order valence-electron chi connectivity index (χ1n) is 7.26. The molecule has 1 fully saturated rings. The maximum atomic E-state index is 5.63. The fourth-order valence-electron chi connectivity index (χ4n) is 2.65. The molecule has 0 unspecified atom stereocenters. The van der Waals surface area contributed by atoms with E-state index >= 15 is 0 Å². The normalized spacial score (nSPS) is 16.5. The number of hydrogen-bond acceptors (Lipinski definition) is 2. The van der Waals surface area contributed by atoms with Crippen LogP contribution in [0.3, 0.4) is 0 Å². The molecule has 0 N–H and O–H groups in total. The first kappa shape index (κ1) is 14.7. The highest BCUT2D eigenvalue weighted by molar-refractivity contribution is 6.17. The molecule has 0 atom stereocenters. The molecule has 19 heavy (non-hydrogen) atoms. The van der Waals surface area contributed by atoms with E-state index in [9.17, 15) is 0 Å². The molecule has 1 aliphatic carbocycles. The van der Waals surface area contributed by atoms with Gasteiger partial charge in [0.25, 0.3) is 0 Å². The molecular formula is C16H23ClO2. The van der Waals surface area contributed by atoms with E-state index in [1.165, 1.54) is 37.7 Å². The van der Waals surface area contributed by atoms with Crippen LogP contribution in [-0.4, -0.2) is 25.7 Å². The van der Waals surface area contributed by atoms with Crippen LogP contribution in [0.1, 0.15) is 43.6 Å². The Kier molecular flexibility index (Phi) is 6.52. The summed E-state index contributed by atoms with van der Waals surface area (Å²) in [5.74, 6) is 2.22. The molecule has 3 heteroatoms. The van der Waals surface area contributed by atoms with Gasteiger partial charge in [0.2, 0.25) is 0 Å². The predicted molar refractivity (Wildman–Crippen MR) is 79.3 cm³/mol. The van der Waals surface area contributed by atoms with Gasteiger partial charge >= 0.3 is 0 Å². The van der Waals surface area contributed by atoms with Gasteiger partial charge in [0.05, 0.1) is 13.2 Å². The molecule has 1 aliphatic rings. The van der Waals surface area contributed by atoms with Crippen molar-refractivity contribution in [2.75, 3.05) is 25.7 Å². The van der Waals surface area contributed by atoms with E-state index in [4.69, 9.17) is 21.1 Å². The van der Waals surface area contributed by atoms with Crippen molar-refractivity contribution in [1.29, 1.82) is 0 Å². The average molecular weight is 283 g/mol. The van der Waals surface area contributed by atoms with Gasteiger partial charge in [0, 0.05) is 5.88 Å². The lowest BCUT2D eigenvalue weighted by Crippen LogP contribution is -2.08. The van der Waals surface area contributed by atoms with Gasteiger partial charge in [-0.25, -0.2) is 0 Å². The van der Waals surface area contributed by atoms with Crippen molar-refractivity contribution >= 4 is 11.6 Å². The molecule has 0 amide bonds. The summed E-state index contributed by atoms with van der Waals surface area (Å²) < 4.78 is 10.9. The van der Waals surface area contributed by atoms with Crippen molar-refractivity contribution in [2.24, 2.45) is 0 Å². The lowest BCUT2D eigenvalue weighted by Gasteiger charge is -2.22. The first-order valence-corrected chi connectivity index (χ1v) is 7.80. The van der Waals surface area contributed by atoms with Gasteiger partial charge in [-0.15, -0.1) is 11.6 Å². The Labute approximate surface area is 121 Å². The Morgan fingerprint density at radius 2 is 1.68 bits per heavy atom. The van der Waals surface area contributed by atoms with Crippen molar-refractivity contribution in [2.45, 2.75) is 38.0 Å². The Hall–Kier alpha value is -0.730. The Morgan fingerprint density at radius 1 is 0.947 bits per heavy atom.